The van der Waals surface area contributed by atoms with Crippen molar-refractivity contribution >= 4 is 40.6 Å². The first-order valence-corrected chi connectivity index (χ1v) is 12.0. The fraction of sp³-hybridized carbons (Fsp3) is 0.500. The van der Waals surface area contributed by atoms with E-state index in [1.165, 1.54) is 6.20 Å². The number of nitrogens with zero attached hydrogens (tertiary/aromatic N) is 1. The van der Waals surface area contributed by atoms with Crippen LogP contribution in [0.3, 0.4) is 0 Å². The van der Waals surface area contributed by atoms with Crippen molar-refractivity contribution in [3.8, 4) is 11.1 Å². The van der Waals surface area contributed by atoms with E-state index in [9.17, 15) is 4.79 Å². The molecule has 2 aliphatic rings. The molecule has 4 rings (SSSR count). The van der Waals surface area contributed by atoms with Gasteiger partial charge in [0.2, 0.25) is 0 Å². The SMILES string of the molecule is CC1(C)C[C@@H](CNc2ccc(Cl)c(-c3cc(NC(=O)[C@H]4CNCCO4)ncc3Cl)c2)CCO1. The summed E-state index contributed by atoms with van der Waals surface area (Å²) >= 11 is 13.0. The van der Waals surface area contributed by atoms with Crippen molar-refractivity contribution in [1.82, 2.24) is 10.3 Å². The molecule has 3 heterocycles. The zero-order valence-corrected chi connectivity index (χ0v) is 20.4. The topological polar surface area (TPSA) is 84.5 Å². The number of benzene rings is 1. The number of nitrogens with one attached hydrogen (secondary N) is 3. The molecule has 2 aliphatic heterocycles. The Bertz CT molecular complexity index is 996. The van der Waals surface area contributed by atoms with Crippen molar-refractivity contribution in [2.45, 2.75) is 38.4 Å². The minimum atomic E-state index is -0.550. The zero-order chi connectivity index (χ0) is 23.4. The van der Waals surface area contributed by atoms with Gasteiger partial charge in [0.25, 0.3) is 5.91 Å². The second-order valence-electron chi connectivity index (χ2n) is 9.14. The zero-order valence-electron chi connectivity index (χ0n) is 18.9. The third-order valence-corrected chi connectivity index (χ3v) is 6.61. The van der Waals surface area contributed by atoms with Crippen molar-refractivity contribution in [2.24, 2.45) is 5.92 Å². The summed E-state index contributed by atoms with van der Waals surface area (Å²) in [6.07, 6.45) is 3.02. The Kier molecular flexibility index (Phi) is 7.76. The molecule has 1 aromatic carbocycles. The third-order valence-electron chi connectivity index (χ3n) is 5.98. The molecular formula is C24H30Cl2N4O3. The van der Waals surface area contributed by atoms with E-state index in [-0.39, 0.29) is 11.5 Å². The number of halogens is 2. The van der Waals surface area contributed by atoms with Crippen molar-refractivity contribution in [3.05, 3.63) is 40.5 Å². The highest BCUT2D eigenvalue weighted by molar-refractivity contribution is 6.36. The number of anilines is 2. The normalized spacial score (nSPS) is 22.5. The summed E-state index contributed by atoms with van der Waals surface area (Å²) in [5, 5.41) is 10.5. The smallest absolute Gasteiger partial charge is 0.255 e. The number of pyridine rings is 1. The summed E-state index contributed by atoms with van der Waals surface area (Å²) in [4.78, 5) is 16.8. The van der Waals surface area contributed by atoms with Gasteiger partial charge in [-0.25, -0.2) is 4.98 Å². The van der Waals surface area contributed by atoms with Crippen LogP contribution in [-0.4, -0.2) is 55.4 Å². The van der Waals surface area contributed by atoms with Gasteiger partial charge in [-0.1, -0.05) is 23.2 Å². The Morgan fingerprint density at radius 3 is 2.79 bits per heavy atom. The molecule has 0 saturated carbocycles. The van der Waals surface area contributed by atoms with Gasteiger partial charge >= 0.3 is 0 Å². The van der Waals surface area contributed by atoms with Gasteiger partial charge in [-0.05, 0) is 56.9 Å². The van der Waals surface area contributed by atoms with Gasteiger partial charge in [0.1, 0.15) is 11.9 Å². The van der Waals surface area contributed by atoms with Crippen LogP contribution in [0.4, 0.5) is 11.5 Å². The fourth-order valence-electron chi connectivity index (χ4n) is 4.29. The highest BCUT2D eigenvalue weighted by Gasteiger charge is 2.28. The van der Waals surface area contributed by atoms with Crippen molar-refractivity contribution in [1.29, 1.82) is 0 Å². The van der Waals surface area contributed by atoms with Crippen LogP contribution in [0, 0.1) is 5.92 Å². The van der Waals surface area contributed by atoms with Gasteiger partial charge in [-0.3, -0.25) is 4.79 Å². The van der Waals surface area contributed by atoms with Gasteiger partial charge in [-0.15, -0.1) is 0 Å². The second kappa shape index (κ2) is 10.6. The Hall–Kier alpha value is -1.90. The lowest BCUT2D eigenvalue weighted by atomic mass is 9.88. The van der Waals surface area contributed by atoms with Crippen LogP contribution in [0.1, 0.15) is 26.7 Å². The Balaban J connectivity index is 1.48. The lowest BCUT2D eigenvalue weighted by Crippen LogP contribution is -2.45. The van der Waals surface area contributed by atoms with E-state index in [0.717, 1.165) is 43.8 Å². The number of hydrogen-bond acceptors (Lipinski definition) is 6. The number of amides is 1. The molecule has 3 N–H and O–H groups in total. The van der Waals surface area contributed by atoms with Crippen molar-refractivity contribution < 1.29 is 14.3 Å². The number of ether oxygens (including phenoxy) is 2. The van der Waals surface area contributed by atoms with Crippen LogP contribution in [0.2, 0.25) is 10.0 Å². The molecule has 1 amide bonds. The van der Waals surface area contributed by atoms with E-state index in [1.807, 2.05) is 18.2 Å². The first-order valence-electron chi connectivity index (χ1n) is 11.3. The maximum absolute atomic E-state index is 12.5. The van der Waals surface area contributed by atoms with E-state index in [2.05, 4.69) is 34.8 Å². The van der Waals surface area contributed by atoms with Crippen LogP contribution >= 0.6 is 23.2 Å². The number of carbonyl (C=O) groups excluding carboxylic acids is 1. The summed E-state index contributed by atoms with van der Waals surface area (Å²) in [5.74, 6) is 0.687. The van der Waals surface area contributed by atoms with Crippen molar-refractivity contribution in [2.75, 3.05) is 43.5 Å². The fourth-order valence-corrected chi connectivity index (χ4v) is 4.71. The minimum absolute atomic E-state index is 0.0835. The standard InChI is InChI=1S/C24H30Cl2N4O3/c1-24(2)11-15(5-7-33-24)12-28-16-3-4-19(25)17(9-16)18-10-22(29-13-20(18)26)30-23(31)21-14-27-6-8-32-21/h3-4,9-10,13,15,21,27-28H,5-8,11-12,14H2,1-2H3,(H,29,30,31)/t15-,21+/m0/s1. The molecule has 33 heavy (non-hydrogen) atoms. The van der Waals surface area contributed by atoms with E-state index < -0.39 is 6.10 Å². The summed E-state index contributed by atoms with van der Waals surface area (Å²) in [6.45, 7) is 7.62. The summed E-state index contributed by atoms with van der Waals surface area (Å²) in [5.41, 5.74) is 2.34. The van der Waals surface area contributed by atoms with Crippen LogP contribution in [0.25, 0.3) is 11.1 Å². The minimum Gasteiger partial charge on any atom is -0.385 e. The molecule has 0 unspecified atom stereocenters. The molecule has 178 valence electrons. The summed E-state index contributed by atoms with van der Waals surface area (Å²) in [7, 11) is 0. The first-order chi connectivity index (χ1) is 15.8. The average molecular weight is 493 g/mol. The van der Waals surface area contributed by atoms with Gasteiger partial charge in [0.15, 0.2) is 0 Å². The molecule has 2 saturated heterocycles. The predicted molar refractivity (Wildman–Crippen MR) is 132 cm³/mol. The molecule has 9 heteroatoms. The monoisotopic (exact) mass is 492 g/mol. The molecule has 7 nitrogen and oxygen atoms in total. The Morgan fingerprint density at radius 2 is 2.03 bits per heavy atom. The molecular weight excluding hydrogens is 463 g/mol. The van der Waals surface area contributed by atoms with Crippen LogP contribution in [0.5, 0.6) is 0 Å². The maximum atomic E-state index is 12.5. The number of rotatable bonds is 6. The number of aromatic nitrogens is 1. The molecule has 0 spiro atoms. The number of hydrogen-bond donors (Lipinski definition) is 3. The van der Waals surface area contributed by atoms with Gasteiger partial charge in [0.05, 0.1) is 17.2 Å². The van der Waals surface area contributed by atoms with E-state index >= 15 is 0 Å². The van der Waals surface area contributed by atoms with Gasteiger partial charge in [0, 0.05) is 54.3 Å². The van der Waals surface area contributed by atoms with Crippen molar-refractivity contribution in [3.63, 3.8) is 0 Å². The van der Waals surface area contributed by atoms with E-state index in [4.69, 9.17) is 32.7 Å². The predicted octanol–water partition coefficient (Wildman–Crippen LogP) is 4.60. The largest absolute Gasteiger partial charge is 0.385 e. The Labute approximate surface area is 204 Å². The molecule has 1 aromatic heterocycles. The highest BCUT2D eigenvalue weighted by Crippen LogP contribution is 2.36. The van der Waals surface area contributed by atoms with Gasteiger partial charge < -0.3 is 25.4 Å². The third kappa shape index (κ3) is 6.37. The highest BCUT2D eigenvalue weighted by atomic mass is 35.5. The van der Waals surface area contributed by atoms with Crippen LogP contribution in [-0.2, 0) is 14.3 Å². The summed E-state index contributed by atoms with van der Waals surface area (Å²) in [6, 6.07) is 7.53. The van der Waals surface area contributed by atoms with E-state index in [0.29, 0.717) is 40.5 Å². The molecule has 2 fully saturated rings. The summed E-state index contributed by atoms with van der Waals surface area (Å²) < 4.78 is 11.3. The molecule has 0 aliphatic carbocycles. The molecule has 2 aromatic rings. The lowest BCUT2D eigenvalue weighted by molar-refractivity contribution is -0.128. The maximum Gasteiger partial charge on any atom is 0.255 e. The van der Waals surface area contributed by atoms with Crippen LogP contribution < -0.4 is 16.0 Å². The Morgan fingerprint density at radius 1 is 1.21 bits per heavy atom. The second-order valence-corrected chi connectivity index (χ2v) is 9.96. The average Bonchev–Trinajstić information content (AvgIpc) is 2.80. The number of carbonyl (C=O) groups is 1. The molecule has 0 radical (unpaired) electrons. The lowest BCUT2D eigenvalue weighted by Gasteiger charge is -2.35. The van der Waals surface area contributed by atoms with Gasteiger partial charge in [-0.2, -0.15) is 0 Å². The van der Waals surface area contributed by atoms with E-state index in [1.54, 1.807) is 6.07 Å². The number of morpholine rings is 1. The molecule has 2 atom stereocenters. The quantitative estimate of drug-likeness (QED) is 0.546. The molecule has 0 bridgehead atoms. The van der Waals surface area contributed by atoms with Crippen LogP contribution in [0.15, 0.2) is 30.5 Å². The first kappa shape index (κ1) is 24.2.